The molecular formula is C19H34O7. The Morgan fingerprint density at radius 2 is 1.38 bits per heavy atom. The van der Waals surface area contributed by atoms with Crippen molar-refractivity contribution in [3.8, 4) is 0 Å². The van der Waals surface area contributed by atoms with Gasteiger partial charge in [0, 0.05) is 0 Å². The van der Waals surface area contributed by atoms with Gasteiger partial charge < -0.3 is 20.1 Å². The molecule has 0 amide bonds. The molecule has 0 aliphatic carbocycles. The van der Waals surface area contributed by atoms with E-state index in [0.29, 0.717) is 6.42 Å². The normalized spacial score (nSPS) is 14.4. The van der Waals surface area contributed by atoms with Gasteiger partial charge in [-0.25, -0.2) is 4.79 Å². The van der Waals surface area contributed by atoms with Gasteiger partial charge in [-0.1, -0.05) is 58.3 Å². The Balaban J connectivity index is 3.94. The zero-order valence-corrected chi connectivity index (χ0v) is 16.0. The van der Waals surface area contributed by atoms with E-state index in [1.54, 1.807) is 6.92 Å². The predicted octanol–water partition coefficient (Wildman–Crippen LogP) is 3.52. The number of hydrogen-bond donors (Lipinski definition) is 3. The molecule has 152 valence electrons. The third-order valence-electron chi connectivity index (χ3n) is 4.33. The van der Waals surface area contributed by atoms with Crippen molar-refractivity contribution in [3.05, 3.63) is 0 Å². The number of aliphatic hydroxyl groups is 1. The summed E-state index contributed by atoms with van der Waals surface area (Å²) < 4.78 is 5.09. The average Bonchev–Trinajstić information content (AvgIpc) is 2.52. The highest BCUT2D eigenvalue weighted by molar-refractivity contribution is 5.88. The third-order valence-corrected chi connectivity index (χ3v) is 4.33. The lowest BCUT2D eigenvalue weighted by atomic mass is 9.96. The Morgan fingerprint density at radius 1 is 0.885 bits per heavy atom. The molecular weight excluding hydrogens is 340 g/mol. The Morgan fingerprint density at radius 3 is 1.85 bits per heavy atom. The summed E-state index contributed by atoms with van der Waals surface area (Å²) in [5.41, 5.74) is -2.64. The van der Waals surface area contributed by atoms with Gasteiger partial charge in [0.15, 0.2) is 5.60 Å². The fourth-order valence-corrected chi connectivity index (χ4v) is 2.77. The molecule has 0 aromatic heterocycles. The number of carboxylic acid groups (broad SMARTS) is 2. The van der Waals surface area contributed by atoms with Crippen molar-refractivity contribution in [2.75, 3.05) is 0 Å². The maximum atomic E-state index is 11.8. The number of esters is 1. The minimum absolute atomic E-state index is 0.394. The van der Waals surface area contributed by atoms with Crippen molar-refractivity contribution in [2.24, 2.45) is 0 Å². The van der Waals surface area contributed by atoms with Crippen LogP contribution >= 0.6 is 0 Å². The van der Waals surface area contributed by atoms with Gasteiger partial charge in [-0.15, -0.1) is 0 Å². The van der Waals surface area contributed by atoms with E-state index in [4.69, 9.17) is 14.9 Å². The minimum Gasteiger partial charge on any atom is -0.481 e. The summed E-state index contributed by atoms with van der Waals surface area (Å²) in [7, 11) is 0. The van der Waals surface area contributed by atoms with Crippen molar-refractivity contribution < 1.29 is 34.4 Å². The first-order chi connectivity index (χ1) is 12.2. The fraction of sp³-hybridized carbons (Fsp3) is 0.842. The monoisotopic (exact) mass is 374 g/mol. The Bertz CT molecular complexity index is 436. The Hall–Kier alpha value is -1.63. The highest BCUT2D eigenvalue weighted by Gasteiger charge is 2.41. The van der Waals surface area contributed by atoms with Crippen molar-refractivity contribution in [1.82, 2.24) is 0 Å². The van der Waals surface area contributed by atoms with Crippen LogP contribution in [-0.2, 0) is 19.1 Å². The summed E-state index contributed by atoms with van der Waals surface area (Å²) >= 11 is 0. The van der Waals surface area contributed by atoms with E-state index < -0.39 is 42.5 Å². The van der Waals surface area contributed by atoms with Crippen molar-refractivity contribution in [2.45, 2.75) is 103 Å². The van der Waals surface area contributed by atoms with E-state index in [2.05, 4.69) is 6.92 Å². The van der Waals surface area contributed by atoms with Crippen molar-refractivity contribution in [1.29, 1.82) is 0 Å². The van der Waals surface area contributed by atoms with Gasteiger partial charge >= 0.3 is 17.9 Å². The lowest BCUT2D eigenvalue weighted by molar-refractivity contribution is -0.173. The van der Waals surface area contributed by atoms with Gasteiger partial charge in [0.1, 0.15) is 0 Å². The number of carbonyl (C=O) groups excluding carboxylic acids is 1. The molecule has 0 bridgehead atoms. The molecule has 0 aliphatic rings. The number of carboxylic acids is 2. The first kappa shape index (κ1) is 24.4. The Labute approximate surface area is 155 Å². The molecule has 0 heterocycles. The van der Waals surface area contributed by atoms with E-state index >= 15 is 0 Å². The molecule has 0 aromatic carbocycles. The predicted molar refractivity (Wildman–Crippen MR) is 96.9 cm³/mol. The molecule has 26 heavy (non-hydrogen) atoms. The van der Waals surface area contributed by atoms with Gasteiger partial charge in [-0.2, -0.15) is 0 Å². The highest BCUT2D eigenvalue weighted by atomic mass is 16.5. The maximum absolute atomic E-state index is 11.8. The first-order valence-electron chi connectivity index (χ1n) is 9.58. The largest absolute Gasteiger partial charge is 0.481 e. The molecule has 0 aromatic rings. The SMILES string of the molecule is CCCCCCCCCCCC(C)OC(=O)CC(O)(CC(=O)O)C(=O)O. The summed E-state index contributed by atoms with van der Waals surface area (Å²) in [5, 5.41) is 27.4. The number of ether oxygens (including phenoxy) is 1. The van der Waals surface area contributed by atoms with Crippen LogP contribution in [0.4, 0.5) is 0 Å². The average molecular weight is 374 g/mol. The van der Waals surface area contributed by atoms with E-state index in [1.807, 2.05) is 0 Å². The van der Waals surface area contributed by atoms with E-state index in [-0.39, 0.29) is 0 Å². The molecule has 2 atom stereocenters. The van der Waals surface area contributed by atoms with Crippen LogP contribution in [0, 0.1) is 0 Å². The maximum Gasteiger partial charge on any atom is 0.336 e. The molecule has 3 N–H and O–H groups in total. The van der Waals surface area contributed by atoms with Crippen LogP contribution < -0.4 is 0 Å². The smallest absolute Gasteiger partial charge is 0.336 e. The van der Waals surface area contributed by atoms with Gasteiger partial charge in [0.25, 0.3) is 0 Å². The second-order valence-electron chi connectivity index (χ2n) is 7.00. The van der Waals surface area contributed by atoms with Gasteiger partial charge in [-0.05, 0) is 19.8 Å². The zero-order valence-electron chi connectivity index (χ0n) is 16.0. The molecule has 0 aliphatic heterocycles. The number of aliphatic carboxylic acids is 2. The quantitative estimate of drug-likeness (QED) is 0.279. The number of rotatable bonds is 16. The molecule has 0 saturated heterocycles. The lowest BCUT2D eigenvalue weighted by Gasteiger charge is -2.21. The summed E-state index contributed by atoms with van der Waals surface area (Å²) in [6.07, 6.45) is 9.02. The summed E-state index contributed by atoms with van der Waals surface area (Å²) in [6, 6.07) is 0. The lowest BCUT2D eigenvalue weighted by Crippen LogP contribution is -2.43. The highest BCUT2D eigenvalue weighted by Crippen LogP contribution is 2.18. The molecule has 0 radical (unpaired) electrons. The molecule has 0 rings (SSSR count). The molecule has 7 heteroatoms. The molecule has 0 spiro atoms. The van der Waals surface area contributed by atoms with E-state index in [1.165, 1.54) is 38.5 Å². The fourth-order valence-electron chi connectivity index (χ4n) is 2.77. The second-order valence-corrected chi connectivity index (χ2v) is 7.00. The van der Waals surface area contributed by atoms with Crippen LogP contribution in [-0.4, -0.2) is 44.9 Å². The molecule has 0 saturated carbocycles. The van der Waals surface area contributed by atoms with Crippen molar-refractivity contribution >= 4 is 17.9 Å². The van der Waals surface area contributed by atoms with Gasteiger partial charge in [-0.3, -0.25) is 9.59 Å². The van der Waals surface area contributed by atoms with Crippen LogP contribution in [0.5, 0.6) is 0 Å². The number of unbranched alkanes of at least 4 members (excludes halogenated alkanes) is 8. The number of hydrogen-bond acceptors (Lipinski definition) is 5. The van der Waals surface area contributed by atoms with Gasteiger partial charge in [0.2, 0.25) is 0 Å². The summed E-state index contributed by atoms with van der Waals surface area (Å²) in [4.78, 5) is 33.4. The summed E-state index contributed by atoms with van der Waals surface area (Å²) in [5.74, 6) is -4.14. The molecule has 0 fully saturated rings. The van der Waals surface area contributed by atoms with Crippen LogP contribution in [0.15, 0.2) is 0 Å². The van der Waals surface area contributed by atoms with Crippen molar-refractivity contribution in [3.63, 3.8) is 0 Å². The zero-order chi connectivity index (χ0) is 20.0. The number of carbonyl (C=O) groups is 3. The standard InChI is InChI=1S/C19H34O7/c1-3-4-5-6-7-8-9-10-11-12-15(2)26-17(22)14-19(25,18(23)24)13-16(20)21/h15,25H,3-14H2,1-2H3,(H,20,21)(H,23,24). The van der Waals surface area contributed by atoms with Crippen LogP contribution in [0.3, 0.4) is 0 Å². The van der Waals surface area contributed by atoms with Crippen LogP contribution in [0.25, 0.3) is 0 Å². The van der Waals surface area contributed by atoms with Crippen LogP contribution in [0.2, 0.25) is 0 Å². The minimum atomic E-state index is -2.64. The first-order valence-corrected chi connectivity index (χ1v) is 9.58. The van der Waals surface area contributed by atoms with E-state index in [0.717, 1.165) is 19.3 Å². The third kappa shape index (κ3) is 11.8. The molecule has 7 nitrogen and oxygen atoms in total. The topological polar surface area (TPSA) is 121 Å². The second kappa shape index (κ2) is 13.6. The van der Waals surface area contributed by atoms with E-state index in [9.17, 15) is 19.5 Å². The van der Waals surface area contributed by atoms with Gasteiger partial charge in [0.05, 0.1) is 18.9 Å². The molecule has 2 unspecified atom stereocenters. The summed E-state index contributed by atoms with van der Waals surface area (Å²) in [6.45, 7) is 3.90. The van der Waals surface area contributed by atoms with Crippen LogP contribution in [0.1, 0.15) is 90.9 Å². The Kier molecular flexibility index (Phi) is 12.7.